The molecule has 28 heavy (non-hydrogen) atoms. The van der Waals surface area contributed by atoms with Gasteiger partial charge in [0, 0.05) is 21.8 Å². The Hall–Kier alpha value is -2.99. The van der Waals surface area contributed by atoms with Gasteiger partial charge in [-0.05, 0) is 18.6 Å². The molecule has 1 unspecified atom stereocenters. The van der Waals surface area contributed by atoms with Gasteiger partial charge in [0.1, 0.15) is 12.4 Å². The lowest BCUT2D eigenvalue weighted by Gasteiger charge is -2.29. The predicted octanol–water partition coefficient (Wildman–Crippen LogP) is 4.11. The number of nitrogens with one attached hydrogen (secondary N) is 2. The maximum Gasteiger partial charge on any atom is 0.337 e. The van der Waals surface area contributed by atoms with Crippen molar-refractivity contribution >= 4 is 23.6 Å². The molecule has 0 bridgehead atoms. The van der Waals surface area contributed by atoms with E-state index in [1.807, 2.05) is 43.3 Å². The maximum absolute atomic E-state index is 12.4. The number of ether oxygens (including phenoxy) is 2. The van der Waals surface area contributed by atoms with Crippen LogP contribution in [0.15, 0.2) is 59.8 Å². The van der Waals surface area contributed by atoms with E-state index in [0.717, 1.165) is 5.56 Å². The topological polar surface area (TPSA) is 76.7 Å². The number of rotatable bonds is 6. The van der Waals surface area contributed by atoms with Crippen molar-refractivity contribution in [1.82, 2.24) is 10.6 Å². The standard InChI is InChI=1S/C21H21ClN2O4/c1-3-16-18(20(25)27-2)19(24-21(26)23-16)14-9-5-7-11-17(14)28-12-13-8-4-6-10-15(13)22/h4-11,19H,3,12H2,1-2H3,(H2,23,24,26). The number of amides is 2. The highest BCUT2D eigenvalue weighted by atomic mass is 35.5. The van der Waals surface area contributed by atoms with Gasteiger partial charge in [0.05, 0.1) is 18.7 Å². The molecule has 1 aliphatic rings. The maximum atomic E-state index is 12.4. The number of methoxy groups -OCH3 is 1. The Balaban J connectivity index is 1.97. The van der Waals surface area contributed by atoms with Crippen LogP contribution < -0.4 is 15.4 Å². The minimum atomic E-state index is -0.682. The number of halogens is 1. The van der Waals surface area contributed by atoms with Crippen LogP contribution in [0.3, 0.4) is 0 Å². The monoisotopic (exact) mass is 400 g/mol. The van der Waals surface area contributed by atoms with E-state index in [2.05, 4.69) is 10.6 Å². The Morgan fingerprint density at radius 3 is 2.57 bits per heavy atom. The first-order chi connectivity index (χ1) is 13.5. The molecular weight excluding hydrogens is 380 g/mol. The highest BCUT2D eigenvalue weighted by molar-refractivity contribution is 6.31. The number of carbonyl (C=O) groups excluding carboxylic acids is 2. The summed E-state index contributed by atoms with van der Waals surface area (Å²) in [6.45, 7) is 2.12. The zero-order valence-corrected chi connectivity index (χ0v) is 16.4. The highest BCUT2D eigenvalue weighted by Crippen LogP contribution is 2.34. The number of hydrogen-bond acceptors (Lipinski definition) is 4. The average Bonchev–Trinajstić information content (AvgIpc) is 2.72. The molecule has 0 radical (unpaired) electrons. The molecule has 6 nitrogen and oxygen atoms in total. The Kier molecular flexibility index (Phi) is 6.21. The molecule has 0 aromatic heterocycles. The summed E-state index contributed by atoms with van der Waals surface area (Å²) < 4.78 is 10.9. The van der Waals surface area contributed by atoms with Gasteiger partial charge in [0.2, 0.25) is 0 Å². The lowest BCUT2D eigenvalue weighted by Crippen LogP contribution is -2.45. The van der Waals surface area contributed by atoms with Gasteiger partial charge in [-0.25, -0.2) is 9.59 Å². The molecule has 146 valence electrons. The van der Waals surface area contributed by atoms with Crippen LogP contribution in [0, 0.1) is 0 Å². The molecule has 3 rings (SSSR count). The molecule has 0 saturated heterocycles. The van der Waals surface area contributed by atoms with Crippen molar-refractivity contribution in [2.24, 2.45) is 0 Å². The zero-order chi connectivity index (χ0) is 20.1. The van der Waals surface area contributed by atoms with Gasteiger partial charge in [-0.15, -0.1) is 0 Å². The summed E-state index contributed by atoms with van der Waals surface area (Å²) in [4.78, 5) is 24.6. The first-order valence-corrected chi connectivity index (χ1v) is 9.27. The van der Waals surface area contributed by atoms with Crippen molar-refractivity contribution in [2.75, 3.05) is 7.11 Å². The van der Waals surface area contributed by atoms with Crippen LogP contribution in [0.4, 0.5) is 4.79 Å². The third-order valence-electron chi connectivity index (χ3n) is 4.48. The second-order valence-electron chi connectivity index (χ2n) is 6.19. The smallest absolute Gasteiger partial charge is 0.337 e. The molecular formula is C21H21ClN2O4. The minimum Gasteiger partial charge on any atom is -0.488 e. The van der Waals surface area contributed by atoms with Crippen LogP contribution in [-0.4, -0.2) is 19.1 Å². The molecule has 1 aliphatic heterocycles. The SMILES string of the molecule is CCC1=C(C(=O)OC)C(c2ccccc2OCc2ccccc2Cl)NC(=O)N1. The summed E-state index contributed by atoms with van der Waals surface area (Å²) in [6.07, 6.45) is 0.483. The van der Waals surface area contributed by atoms with Crippen molar-refractivity contribution in [3.63, 3.8) is 0 Å². The number of carbonyl (C=O) groups is 2. The van der Waals surface area contributed by atoms with E-state index in [-0.39, 0.29) is 12.6 Å². The summed E-state index contributed by atoms with van der Waals surface area (Å²) in [7, 11) is 1.32. The van der Waals surface area contributed by atoms with Crippen molar-refractivity contribution in [3.05, 3.63) is 76.0 Å². The van der Waals surface area contributed by atoms with Gasteiger partial charge in [0.25, 0.3) is 0 Å². The first-order valence-electron chi connectivity index (χ1n) is 8.89. The Morgan fingerprint density at radius 2 is 1.86 bits per heavy atom. The minimum absolute atomic E-state index is 0.257. The Labute approximate surface area is 168 Å². The van der Waals surface area contributed by atoms with E-state index in [0.29, 0.717) is 34.0 Å². The molecule has 0 saturated carbocycles. The summed E-state index contributed by atoms with van der Waals surface area (Å²) in [5.74, 6) is 0.0433. The molecule has 2 aromatic rings. The van der Waals surface area contributed by atoms with Crippen LogP contribution in [0.2, 0.25) is 5.02 Å². The van der Waals surface area contributed by atoms with Crippen molar-refractivity contribution in [3.8, 4) is 5.75 Å². The van der Waals surface area contributed by atoms with Gasteiger partial charge in [-0.1, -0.05) is 54.9 Å². The fraction of sp³-hybridized carbons (Fsp3) is 0.238. The number of esters is 1. The number of urea groups is 1. The largest absolute Gasteiger partial charge is 0.488 e. The predicted molar refractivity (Wildman–Crippen MR) is 106 cm³/mol. The van der Waals surface area contributed by atoms with Crippen molar-refractivity contribution in [2.45, 2.75) is 26.0 Å². The quantitative estimate of drug-likeness (QED) is 0.715. The molecule has 2 aromatic carbocycles. The fourth-order valence-electron chi connectivity index (χ4n) is 3.10. The third kappa shape index (κ3) is 4.12. The molecule has 0 fully saturated rings. The molecule has 1 atom stereocenters. The van der Waals surface area contributed by atoms with E-state index < -0.39 is 12.0 Å². The van der Waals surface area contributed by atoms with Gasteiger partial charge in [0.15, 0.2) is 0 Å². The zero-order valence-electron chi connectivity index (χ0n) is 15.6. The Morgan fingerprint density at radius 1 is 1.14 bits per heavy atom. The van der Waals surface area contributed by atoms with E-state index in [9.17, 15) is 9.59 Å². The second-order valence-corrected chi connectivity index (χ2v) is 6.59. The van der Waals surface area contributed by atoms with Gasteiger partial charge >= 0.3 is 12.0 Å². The summed E-state index contributed by atoms with van der Waals surface area (Å²) in [5.41, 5.74) is 2.39. The fourth-order valence-corrected chi connectivity index (χ4v) is 3.29. The lowest BCUT2D eigenvalue weighted by molar-refractivity contribution is -0.136. The summed E-state index contributed by atoms with van der Waals surface area (Å²) in [6, 6.07) is 13.6. The number of para-hydroxylation sites is 1. The van der Waals surface area contributed by atoms with E-state index in [4.69, 9.17) is 21.1 Å². The van der Waals surface area contributed by atoms with Crippen molar-refractivity contribution < 1.29 is 19.1 Å². The number of hydrogen-bond donors (Lipinski definition) is 2. The molecule has 0 spiro atoms. The van der Waals surface area contributed by atoms with Crippen LogP contribution in [-0.2, 0) is 16.1 Å². The van der Waals surface area contributed by atoms with Crippen LogP contribution >= 0.6 is 11.6 Å². The van der Waals surface area contributed by atoms with Crippen LogP contribution in [0.25, 0.3) is 0 Å². The third-order valence-corrected chi connectivity index (χ3v) is 4.85. The number of allylic oxidation sites excluding steroid dienone is 1. The summed E-state index contributed by atoms with van der Waals surface area (Å²) in [5, 5.41) is 6.09. The van der Waals surface area contributed by atoms with E-state index >= 15 is 0 Å². The second kappa shape index (κ2) is 8.80. The lowest BCUT2D eigenvalue weighted by atomic mass is 9.93. The molecule has 1 heterocycles. The van der Waals surface area contributed by atoms with Crippen LogP contribution in [0.1, 0.15) is 30.5 Å². The molecule has 0 aliphatic carbocycles. The van der Waals surface area contributed by atoms with E-state index in [1.54, 1.807) is 12.1 Å². The number of benzene rings is 2. The van der Waals surface area contributed by atoms with E-state index in [1.165, 1.54) is 7.11 Å². The van der Waals surface area contributed by atoms with Gasteiger partial charge < -0.3 is 20.1 Å². The van der Waals surface area contributed by atoms with Gasteiger partial charge in [-0.3, -0.25) is 0 Å². The molecule has 2 N–H and O–H groups in total. The van der Waals surface area contributed by atoms with Gasteiger partial charge in [-0.2, -0.15) is 0 Å². The van der Waals surface area contributed by atoms with Crippen LogP contribution in [0.5, 0.6) is 5.75 Å². The summed E-state index contributed by atoms with van der Waals surface area (Å²) >= 11 is 6.21. The van der Waals surface area contributed by atoms with Crippen molar-refractivity contribution in [1.29, 1.82) is 0 Å². The Bertz CT molecular complexity index is 926. The molecule has 2 amide bonds. The highest BCUT2D eigenvalue weighted by Gasteiger charge is 2.34. The first kappa shape index (κ1) is 19.8. The average molecular weight is 401 g/mol. The molecule has 7 heteroatoms. The normalized spacial score (nSPS) is 16.2.